The van der Waals surface area contributed by atoms with E-state index < -0.39 is 0 Å². The van der Waals surface area contributed by atoms with E-state index in [2.05, 4.69) is 15.6 Å². The van der Waals surface area contributed by atoms with E-state index in [1.165, 1.54) is 6.92 Å². The Morgan fingerprint density at radius 2 is 2.04 bits per heavy atom. The normalized spacial score (nSPS) is 10.5. The Morgan fingerprint density at radius 1 is 1.20 bits per heavy atom. The van der Waals surface area contributed by atoms with Gasteiger partial charge in [-0.1, -0.05) is 6.07 Å². The van der Waals surface area contributed by atoms with Crippen LogP contribution in [0.1, 0.15) is 27.2 Å². The number of nitrogens with zero attached hydrogens (tertiary/aromatic N) is 1. The van der Waals surface area contributed by atoms with Crippen LogP contribution in [0.2, 0.25) is 0 Å². The summed E-state index contributed by atoms with van der Waals surface area (Å²) < 4.78 is 0. The number of aromatic nitrogens is 1. The van der Waals surface area contributed by atoms with Crippen LogP contribution in [0.4, 0.5) is 5.69 Å². The average molecular weight is 371 g/mol. The maximum Gasteiger partial charge on any atom is 0.251 e. The van der Waals surface area contributed by atoms with Crippen LogP contribution in [0.5, 0.6) is 0 Å². The Bertz CT molecular complexity index is 914. The summed E-state index contributed by atoms with van der Waals surface area (Å²) in [7, 11) is 0. The van der Waals surface area contributed by atoms with Crippen molar-refractivity contribution in [1.82, 2.24) is 10.3 Å². The predicted molar refractivity (Wildman–Crippen MR) is 102 cm³/mol. The Kier molecular flexibility index (Phi) is 5.25. The molecule has 3 aromatic rings. The van der Waals surface area contributed by atoms with Gasteiger partial charge in [-0.2, -0.15) is 0 Å². The van der Waals surface area contributed by atoms with Crippen molar-refractivity contribution >= 4 is 40.2 Å². The third-order valence-electron chi connectivity index (χ3n) is 3.40. The molecular weight excluding hydrogens is 354 g/mol. The molecule has 0 atom stereocenters. The van der Waals surface area contributed by atoms with E-state index in [4.69, 9.17) is 0 Å². The summed E-state index contributed by atoms with van der Waals surface area (Å²) in [5.41, 5.74) is 2.10. The highest BCUT2D eigenvalue weighted by molar-refractivity contribution is 7.16. The molecule has 2 heterocycles. The van der Waals surface area contributed by atoms with Crippen molar-refractivity contribution in [2.75, 3.05) is 5.32 Å². The molecule has 0 saturated carbocycles. The maximum absolute atomic E-state index is 12.3. The Hall–Kier alpha value is -2.51. The number of aryl methyl sites for hydroxylation is 1. The van der Waals surface area contributed by atoms with Gasteiger partial charge in [0.2, 0.25) is 5.91 Å². The molecule has 2 N–H and O–H groups in total. The Labute approximate surface area is 153 Å². The fraction of sp³-hybridized carbons (Fsp3) is 0.167. The van der Waals surface area contributed by atoms with Gasteiger partial charge >= 0.3 is 0 Å². The van der Waals surface area contributed by atoms with Gasteiger partial charge in [-0.05, 0) is 37.3 Å². The number of hydrogen-bond acceptors (Lipinski definition) is 5. The highest BCUT2D eigenvalue weighted by Crippen LogP contribution is 2.29. The first kappa shape index (κ1) is 17.3. The second-order valence-corrected chi connectivity index (χ2v) is 7.69. The lowest BCUT2D eigenvalue weighted by molar-refractivity contribution is -0.114. The quantitative estimate of drug-likeness (QED) is 0.710. The van der Waals surface area contributed by atoms with Crippen LogP contribution in [-0.2, 0) is 11.3 Å². The van der Waals surface area contributed by atoms with E-state index in [0.717, 1.165) is 20.5 Å². The average Bonchev–Trinajstić information content (AvgIpc) is 3.21. The molecule has 0 aliphatic rings. The topological polar surface area (TPSA) is 71.1 Å². The number of benzene rings is 1. The SMILES string of the molecule is CC(=O)Nc1cccc(C(=O)NCc2ccc(-c3csc(C)n3)s2)c1. The van der Waals surface area contributed by atoms with E-state index in [9.17, 15) is 9.59 Å². The maximum atomic E-state index is 12.3. The van der Waals surface area contributed by atoms with Gasteiger partial charge in [-0.3, -0.25) is 9.59 Å². The van der Waals surface area contributed by atoms with Gasteiger partial charge in [0.15, 0.2) is 0 Å². The minimum Gasteiger partial charge on any atom is -0.347 e. The van der Waals surface area contributed by atoms with E-state index in [1.54, 1.807) is 46.9 Å². The third-order valence-corrected chi connectivity index (χ3v) is 5.28. The fourth-order valence-corrected chi connectivity index (χ4v) is 3.89. The lowest BCUT2D eigenvalue weighted by Gasteiger charge is -2.06. The summed E-state index contributed by atoms with van der Waals surface area (Å²) in [4.78, 5) is 30.1. The van der Waals surface area contributed by atoms with Crippen molar-refractivity contribution in [2.45, 2.75) is 20.4 Å². The third kappa shape index (κ3) is 4.52. The monoisotopic (exact) mass is 371 g/mol. The molecule has 7 heteroatoms. The van der Waals surface area contributed by atoms with Crippen molar-refractivity contribution < 1.29 is 9.59 Å². The van der Waals surface area contributed by atoms with Crippen LogP contribution in [0, 0.1) is 6.92 Å². The van der Waals surface area contributed by atoms with Crippen LogP contribution in [0.3, 0.4) is 0 Å². The van der Waals surface area contributed by atoms with Crippen molar-refractivity contribution in [3.63, 3.8) is 0 Å². The van der Waals surface area contributed by atoms with Crippen molar-refractivity contribution in [1.29, 1.82) is 0 Å². The van der Waals surface area contributed by atoms with Crippen LogP contribution in [-0.4, -0.2) is 16.8 Å². The lowest BCUT2D eigenvalue weighted by Crippen LogP contribution is -2.22. The van der Waals surface area contributed by atoms with Gasteiger partial charge < -0.3 is 10.6 Å². The van der Waals surface area contributed by atoms with Crippen LogP contribution >= 0.6 is 22.7 Å². The summed E-state index contributed by atoms with van der Waals surface area (Å²) in [6.45, 7) is 3.87. The van der Waals surface area contributed by atoms with Crippen molar-refractivity contribution in [2.24, 2.45) is 0 Å². The number of amides is 2. The summed E-state index contributed by atoms with van der Waals surface area (Å²) in [5, 5.41) is 8.66. The van der Waals surface area contributed by atoms with E-state index >= 15 is 0 Å². The lowest BCUT2D eigenvalue weighted by atomic mass is 10.2. The van der Waals surface area contributed by atoms with Gasteiger partial charge in [0.05, 0.1) is 22.1 Å². The minimum absolute atomic E-state index is 0.166. The summed E-state index contributed by atoms with van der Waals surface area (Å²) in [6, 6.07) is 10.9. The summed E-state index contributed by atoms with van der Waals surface area (Å²) in [5.74, 6) is -0.340. The van der Waals surface area contributed by atoms with E-state index in [-0.39, 0.29) is 11.8 Å². The molecule has 3 rings (SSSR count). The number of thiophene rings is 1. The highest BCUT2D eigenvalue weighted by Gasteiger charge is 2.09. The smallest absolute Gasteiger partial charge is 0.251 e. The fourth-order valence-electron chi connectivity index (χ4n) is 2.30. The van der Waals surface area contributed by atoms with Gasteiger partial charge in [-0.25, -0.2) is 4.98 Å². The number of anilines is 1. The molecule has 0 radical (unpaired) electrons. The number of rotatable bonds is 5. The molecule has 0 aliphatic carbocycles. The summed E-state index contributed by atoms with van der Waals surface area (Å²) in [6.07, 6.45) is 0. The first-order chi connectivity index (χ1) is 12.0. The predicted octanol–water partition coefficient (Wildman–Crippen LogP) is 4.07. The standard InChI is InChI=1S/C18H17N3O2S2/c1-11(22)20-14-5-3-4-13(8-14)18(23)19-9-15-6-7-17(25-15)16-10-24-12(2)21-16/h3-8,10H,9H2,1-2H3,(H,19,23)(H,20,22). The zero-order valence-electron chi connectivity index (χ0n) is 13.8. The summed E-state index contributed by atoms with van der Waals surface area (Å²) >= 11 is 3.25. The van der Waals surface area contributed by atoms with Gasteiger partial charge in [0.25, 0.3) is 5.91 Å². The molecule has 0 unspecified atom stereocenters. The van der Waals surface area contributed by atoms with Gasteiger partial charge in [-0.15, -0.1) is 22.7 Å². The zero-order valence-corrected chi connectivity index (χ0v) is 15.5. The number of thiazole rings is 1. The molecule has 0 saturated heterocycles. The van der Waals surface area contributed by atoms with Crippen LogP contribution in [0.15, 0.2) is 41.8 Å². The largest absolute Gasteiger partial charge is 0.347 e. The number of carbonyl (C=O) groups is 2. The highest BCUT2D eigenvalue weighted by atomic mass is 32.1. The zero-order chi connectivity index (χ0) is 17.8. The van der Waals surface area contributed by atoms with Crippen LogP contribution < -0.4 is 10.6 Å². The molecule has 128 valence electrons. The molecule has 0 bridgehead atoms. The molecular formula is C18H17N3O2S2. The first-order valence-corrected chi connectivity index (χ1v) is 9.38. The van der Waals surface area contributed by atoms with E-state index in [1.807, 2.05) is 24.4 Å². The Morgan fingerprint density at radius 3 is 2.76 bits per heavy atom. The number of carbonyl (C=O) groups excluding carboxylic acids is 2. The van der Waals surface area contributed by atoms with E-state index in [0.29, 0.717) is 17.8 Å². The molecule has 0 fully saturated rings. The molecule has 0 spiro atoms. The number of nitrogens with one attached hydrogen (secondary N) is 2. The minimum atomic E-state index is -0.174. The molecule has 5 nitrogen and oxygen atoms in total. The van der Waals surface area contributed by atoms with Crippen molar-refractivity contribution in [3.8, 4) is 10.6 Å². The first-order valence-electron chi connectivity index (χ1n) is 7.68. The molecule has 0 aliphatic heterocycles. The molecule has 25 heavy (non-hydrogen) atoms. The van der Waals surface area contributed by atoms with Crippen LogP contribution in [0.25, 0.3) is 10.6 Å². The Balaban J connectivity index is 1.63. The molecule has 1 aromatic carbocycles. The van der Waals surface area contributed by atoms with Gasteiger partial charge in [0, 0.05) is 28.4 Å². The molecule has 2 amide bonds. The number of hydrogen-bond donors (Lipinski definition) is 2. The van der Waals surface area contributed by atoms with Crippen molar-refractivity contribution in [3.05, 3.63) is 57.2 Å². The second kappa shape index (κ2) is 7.58. The van der Waals surface area contributed by atoms with Gasteiger partial charge in [0.1, 0.15) is 0 Å². The molecule has 2 aromatic heterocycles. The second-order valence-electron chi connectivity index (χ2n) is 5.46.